The minimum Gasteiger partial charge on any atom is -0.318 e. The summed E-state index contributed by atoms with van der Waals surface area (Å²) >= 11 is 0. The highest BCUT2D eigenvalue weighted by molar-refractivity contribution is 7.92. The van der Waals surface area contributed by atoms with Gasteiger partial charge in [-0.15, -0.1) is 0 Å². The smallest absolute Gasteiger partial charge is 0.264 e. The number of nitrogens with one attached hydrogen (secondary N) is 1. The molecule has 4 aromatic rings. The van der Waals surface area contributed by atoms with Crippen LogP contribution in [-0.4, -0.2) is 31.7 Å². The second-order valence-electron chi connectivity index (χ2n) is 9.83. The van der Waals surface area contributed by atoms with Crippen molar-refractivity contribution < 1.29 is 13.2 Å². The summed E-state index contributed by atoms with van der Waals surface area (Å²) in [5.74, 6) is -0.548. The molecule has 39 heavy (non-hydrogen) atoms. The Labute approximate surface area is 230 Å². The summed E-state index contributed by atoms with van der Waals surface area (Å²) in [5, 5.41) is 4.16. The molecule has 0 unspecified atom stereocenters. The molecule has 8 heteroatoms. The number of nitrogens with zero attached hydrogens (tertiary/aromatic N) is 3. The average molecular weight is 543 g/mol. The van der Waals surface area contributed by atoms with E-state index in [2.05, 4.69) is 47.1 Å². The van der Waals surface area contributed by atoms with Crippen molar-refractivity contribution in [3.05, 3.63) is 112 Å². The zero-order valence-electron chi connectivity index (χ0n) is 23.2. The van der Waals surface area contributed by atoms with Crippen molar-refractivity contribution in [2.45, 2.75) is 46.4 Å². The van der Waals surface area contributed by atoms with Crippen molar-refractivity contribution in [3.63, 3.8) is 0 Å². The molecule has 1 heterocycles. The van der Waals surface area contributed by atoms with E-state index in [0.717, 1.165) is 38.1 Å². The third-order valence-corrected chi connectivity index (χ3v) is 8.67. The largest absolute Gasteiger partial charge is 0.318 e. The number of rotatable bonds is 8. The van der Waals surface area contributed by atoms with Gasteiger partial charge in [-0.1, -0.05) is 42.0 Å². The van der Waals surface area contributed by atoms with Crippen molar-refractivity contribution in [2.75, 3.05) is 10.8 Å². The Morgan fingerprint density at radius 1 is 0.872 bits per heavy atom. The van der Waals surface area contributed by atoms with E-state index in [9.17, 15) is 13.2 Å². The monoisotopic (exact) mass is 542 g/mol. The first-order valence-electron chi connectivity index (χ1n) is 12.7. The van der Waals surface area contributed by atoms with Crippen molar-refractivity contribution in [3.8, 4) is 5.69 Å². The number of carbonyl (C=O) groups is 1. The lowest BCUT2D eigenvalue weighted by Gasteiger charge is -2.25. The van der Waals surface area contributed by atoms with Gasteiger partial charge in [0.15, 0.2) is 0 Å². The number of carbonyl (C=O) groups excluding carboxylic acids is 1. The average Bonchev–Trinajstić information content (AvgIpc) is 3.17. The molecule has 0 spiro atoms. The lowest BCUT2D eigenvalue weighted by Crippen LogP contribution is -2.40. The molecule has 1 amide bonds. The van der Waals surface area contributed by atoms with Gasteiger partial charge in [0.25, 0.3) is 15.9 Å². The van der Waals surface area contributed by atoms with Gasteiger partial charge >= 0.3 is 0 Å². The van der Waals surface area contributed by atoms with Crippen LogP contribution in [0.1, 0.15) is 39.2 Å². The zero-order valence-corrected chi connectivity index (χ0v) is 24.0. The lowest BCUT2D eigenvalue weighted by atomic mass is 10.1. The number of hydrogen-bond acceptors (Lipinski definition) is 4. The Bertz CT molecular complexity index is 1650. The summed E-state index contributed by atoms with van der Waals surface area (Å²) in [4.78, 5) is 13.1. The topological polar surface area (TPSA) is 83.8 Å². The van der Waals surface area contributed by atoms with Crippen molar-refractivity contribution in [1.82, 2.24) is 9.99 Å². The number of hydrazone groups is 1. The Kier molecular flexibility index (Phi) is 8.06. The van der Waals surface area contributed by atoms with Gasteiger partial charge < -0.3 is 4.57 Å². The number of anilines is 1. The molecule has 0 aliphatic heterocycles. The fraction of sp³-hybridized carbons (Fsp3) is 0.226. The number of amides is 1. The second kappa shape index (κ2) is 11.3. The predicted molar refractivity (Wildman–Crippen MR) is 157 cm³/mol. The van der Waals surface area contributed by atoms with E-state index in [4.69, 9.17) is 0 Å². The van der Waals surface area contributed by atoms with E-state index in [1.165, 1.54) is 11.1 Å². The summed E-state index contributed by atoms with van der Waals surface area (Å²) in [6.07, 6.45) is 1.59. The molecule has 0 saturated heterocycles. The molecule has 1 N–H and O–H groups in total. The zero-order chi connectivity index (χ0) is 28.3. The van der Waals surface area contributed by atoms with Gasteiger partial charge in [0, 0.05) is 22.6 Å². The second-order valence-corrected chi connectivity index (χ2v) is 11.7. The minimum absolute atomic E-state index is 0.117. The van der Waals surface area contributed by atoms with Crippen LogP contribution >= 0.6 is 0 Å². The highest BCUT2D eigenvalue weighted by atomic mass is 32.2. The van der Waals surface area contributed by atoms with E-state index in [1.807, 2.05) is 45.9 Å². The molecule has 0 aliphatic carbocycles. The summed E-state index contributed by atoms with van der Waals surface area (Å²) in [7, 11) is -3.99. The summed E-state index contributed by atoms with van der Waals surface area (Å²) in [6.45, 7) is 11.5. The van der Waals surface area contributed by atoms with Gasteiger partial charge in [-0.2, -0.15) is 5.10 Å². The molecule has 0 fully saturated rings. The lowest BCUT2D eigenvalue weighted by molar-refractivity contribution is -0.119. The van der Waals surface area contributed by atoms with Gasteiger partial charge in [-0.05, 0) is 94.6 Å². The van der Waals surface area contributed by atoms with Gasteiger partial charge in [0.05, 0.1) is 16.8 Å². The maximum absolute atomic E-state index is 13.6. The number of aryl methyl sites for hydroxylation is 5. The van der Waals surface area contributed by atoms with Crippen LogP contribution in [0.15, 0.2) is 82.8 Å². The predicted octanol–water partition coefficient (Wildman–Crippen LogP) is 5.67. The minimum atomic E-state index is -3.99. The number of benzene rings is 3. The standard InChI is InChI=1S/C31H34N4O3S/c1-21-11-15-29(16-12-21)39(37,38)34(30-10-8-7-9-23(30)3)20-31(36)33-32-19-27-18-25(5)35(26(27)6)28-14-13-22(2)24(4)17-28/h7-19H,20H2,1-6H3,(H,33,36)/b32-19-. The first kappa shape index (κ1) is 27.9. The Hall–Kier alpha value is -4.17. The van der Waals surface area contributed by atoms with Gasteiger partial charge in [0.2, 0.25) is 0 Å². The molecule has 7 nitrogen and oxygen atoms in total. The van der Waals surface area contributed by atoms with E-state index >= 15 is 0 Å². The molecular weight excluding hydrogens is 508 g/mol. The van der Waals surface area contributed by atoms with Crippen LogP contribution in [0, 0.1) is 41.5 Å². The third-order valence-electron chi connectivity index (χ3n) is 6.89. The molecule has 0 saturated carbocycles. The van der Waals surface area contributed by atoms with E-state index in [0.29, 0.717) is 5.69 Å². The van der Waals surface area contributed by atoms with Gasteiger partial charge in [-0.3, -0.25) is 9.10 Å². The summed E-state index contributed by atoms with van der Waals surface area (Å²) in [6, 6.07) is 22.0. The molecule has 202 valence electrons. The van der Waals surface area contributed by atoms with Crippen LogP contribution in [0.25, 0.3) is 5.69 Å². The summed E-state index contributed by atoms with van der Waals surface area (Å²) in [5.41, 5.74) is 11.0. The molecular formula is C31H34N4O3S. The number of hydrogen-bond donors (Lipinski definition) is 1. The van der Waals surface area contributed by atoms with Crippen molar-refractivity contribution in [1.29, 1.82) is 0 Å². The van der Waals surface area contributed by atoms with Crippen LogP contribution in [0.3, 0.4) is 0 Å². The Balaban J connectivity index is 1.56. The van der Waals surface area contributed by atoms with Crippen LogP contribution in [0.4, 0.5) is 5.69 Å². The SMILES string of the molecule is Cc1ccc(S(=O)(=O)N(CC(=O)N/N=C\c2cc(C)n(-c3ccc(C)c(C)c3)c2C)c2ccccc2C)cc1. The highest BCUT2D eigenvalue weighted by Gasteiger charge is 2.28. The normalized spacial score (nSPS) is 11.6. The van der Waals surface area contributed by atoms with Gasteiger partial charge in [0.1, 0.15) is 6.54 Å². The number of aromatic nitrogens is 1. The highest BCUT2D eigenvalue weighted by Crippen LogP contribution is 2.27. The van der Waals surface area contributed by atoms with E-state index < -0.39 is 22.5 Å². The van der Waals surface area contributed by atoms with E-state index in [-0.39, 0.29) is 4.90 Å². The van der Waals surface area contributed by atoms with Crippen LogP contribution in [-0.2, 0) is 14.8 Å². The Morgan fingerprint density at radius 3 is 2.23 bits per heavy atom. The van der Waals surface area contributed by atoms with Crippen LogP contribution in [0.5, 0.6) is 0 Å². The quantitative estimate of drug-likeness (QED) is 0.230. The third kappa shape index (κ3) is 5.96. The fourth-order valence-electron chi connectivity index (χ4n) is 4.50. The maximum atomic E-state index is 13.6. The molecule has 0 atom stereocenters. The number of para-hydroxylation sites is 1. The van der Waals surface area contributed by atoms with Crippen molar-refractivity contribution in [2.24, 2.45) is 5.10 Å². The van der Waals surface area contributed by atoms with Gasteiger partial charge in [-0.25, -0.2) is 13.8 Å². The number of sulfonamides is 1. The summed E-state index contributed by atoms with van der Waals surface area (Å²) < 4.78 is 30.5. The molecule has 0 aliphatic rings. The van der Waals surface area contributed by atoms with Crippen LogP contribution < -0.4 is 9.73 Å². The molecule has 0 bridgehead atoms. The first-order chi connectivity index (χ1) is 18.5. The van der Waals surface area contributed by atoms with Crippen LogP contribution in [0.2, 0.25) is 0 Å². The van der Waals surface area contributed by atoms with E-state index in [1.54, 1.807) is 42.6 Å². The first-order valence-corrected chi connectivity index (χ1v) is 14.2. The molecule has 0 radical (unpaired) electrons. The molecule has 4 rings (SSSR count). The maximum Gasteiger partial charge on any atom is 0.264 e. The Morgan fingerprint density at radius 2 is 1.56 bits per heavy atom. The van der Waals surface area contributed by atoms with Crippen molar-refractivity contribution >= 4 is 27.8 Å². The molecule has 3 aromatic carbocycles. The molecule has 1 aromatic heterocycles. The fourth-order valence-corrected chi connectivity index (χ4v) is 5.99.